The predicted octanol–water partition coefficient (Wildman–Crippen LogP) is 1.16. The number of nitrogens with zero attached hydrogens (tertiary/aromatic N) is 4. The Bertz CT molecular complexity index is 460. The third-order valence-corrected chi connectivity index (χ3v) is 2.37. The summed E-state index contributed by atoms with van der Waals surface area (Å²) in [7, 11) is 0. The molecule has 0 aliphatic rings. The Hall–Kier alpha value is -1.46. The second-order valence-corrected chi connectivity index (χ2v) is 3.45. The van der Waals surface area contributed by atoms with E-state index < -0.39 is 0 Å². The summed E-state index contributed by atoms with van der Waals surface area (Å²) in [6, 6.07) is 6.08. The summed E-state index contributed by atoms with van der Waals surface area (Å²) in [6.45, 7) is 4.40. The number of hydrogen-bond donors (Lipinski definition) is 1. The van der Waals surface area contributed by atoms with Gasteiger partial charge in [0.15, 0.2) is 5.82 Å². The number of halogens is 1. The Morgan fingerprint density at radius 3 is 2.44 bits per heavy atom. The summed E-state index contributed by atoms with van der Waals surface area (Å²) in [6.07, 6.45) is 0. The molecule has 0 aliphatic carbocycles. The molecule has 1 aromatic heterocycles. The molecule has 1 aromatic carbocycles. The molecule has 2 rings (SSSR count). The standard InChI is InChI=1S/C10H13N5.ClH/c1-7-4-3-5-8(2)10(7)15-9(6-11)12-13-14-15;/h3-5H,6,11H2,1-2H3;1H. The molecule has 0 saturated carbocycles. The third kappa shape index (κ3) is 2.05. The first-order valence-corrected chi connectivity index (χ1v) is 4.78. The molecular weight excluding hydrogens is 226 g/mol. The number of aryl methyl sites for hydroxylation is 2. The predicted molar refractivity (Wildman–Crippen MR) is 63.8 cm³/mol. The number of rotatable bonds is 2. The van der Waals surface area contributed by atoms with Crippen LogP contribution in [0.25, 0.3) is 5.69 Å². The van der Waals surface area contributed by atoms with Crippen molar-refractivity contribution < 1.29 is 0 Å². The number of para-hydroxylation sites is 1. The maximum Gasteiger partial charge on any atom is 0.170 e. The zero-order valence-electron chi connectivity index (χ0n) is 9.21. The second kappa shape index (κ2) is 5.05. The minimum absolute atomic E-state index is 0. The summed E-state index contributed by atoms with van der Waals surface area (Å²) < 4.78 is 1.70. The fraction of sp³-hybridized carbons (Fsp3) is 0.300. The molecule has 0 unspecified atom stereocenters. The molecule has 0 atom stereocenters. The molecule has 0 bridgehead atoms. The van der Waals surface area contributed by atoms with E-state index in [0.717, 1.165) is 16.8 Å². The molecule has 0 radical (unpaired) electrons. The molecule has 0 fully saturated rings. The molecule has 86 valence electrons. The number of nitrogens with two attached hydrogens (primary N) is 1. The zero-order chi connectivity index (χ0) is 10.8. The zero-order valence-corrected chi connectivity index (χ0v) is 10.0. The maximum atomic E-state index is 5.57. The van der Waals surface area contributed by atoms with Crippen molar-refractivity contribution in [3.8, 4) is 5.69 Å². The minimum Gasteiger partial charge on any atom is -0.324 e. The largest absolute Gasteiger partial charge is 0.324 e. The lowest BCUT2D eigenvalue weighted by molar-refractivity contribution is 0.753. The Morgan fingerprint density at radius 2 is 1.88 bits per heavy atom. The normalized spacial score (nSPS) is 9.94. The lowest BCUT2D eigenvalue weighted by atomic mass is 10.1. The Balaban J connectivity index is 0.00000128. The van der Waals surface area contributed by atoms with Gasteiger partial charge in [0.25, 0.3) is 0 Å². The summed E-state index contributed by atoms with van der Waals surface area (Å²) in [5.41, 5.74) is 8.86. The number of hydrogen-bond acceptors (Lipinski definition) is 4. The third-order valence-electron chi connectivity index (χ3n) is 2.37. The molecule has 0 amide bonds. The van der Waals surface area contributed by atoms with Crippen LogP contribution in [0, 0.1) is 13.8 Å². The van der Waals surface area contributed by atoms with Gasteiger partial charge in [-0.1, -0.05) is 18.2 Å². The van der Waals surface area contributed by atoms with Gasteiger partial charge in [-0.3, -0.25) is 0 Å². The topological polar surface area (TPSA) is 69.6 Å². The second-order valence-electron chi connectivity index (χ2n) is 3.45. The first kappa shape index (κ1) is 12.6. The SMILES string of the molecule is Cc1cccc(C)c1-n1nnnc1CN.Cl. The van der Waals surface area contributed by atoms with E-state index in [4.69, 9.17) is 5.73 Å². The average molecular weight is 240 g/mol. The molecule has 16 heavy (non-hydrogen) atoms. The smallest absolute Gasteiger partial charge is 0.170 e. The van der Waals surface area contributed by atoms with Crippen LogP contribution in [0.15, 0.2) is 18.2 Å². The molecule has 1 heterocycles. The lowest BCUT2D eigenvalue weighted by Gasteiger charge is -2.09. The molecule has 6 heteroatoms. The minimum atomic E-state index is 0. The van der Waals surface area contributed by atoms with Crippen LogP contribution in [0.2, 0.25) is 0 Å². The van der Waals surface area contributed by atoms with Gasteiger partial charge in [-0.25, -0.2) is 0 Å². The van der Waals surface area contributed by atoms with Gasteiger partial charge in [-0.15, -0.1) is 17.5 Å². The van der Waals surface area contributed by atoms with Crippen molar-refractivity contribution in [2.75, 3.05) is 0 Å². The highest BCUT2D eigenvalue weighted by Gasteiger charge is 2.10. The van der Waals surface area contributed by atoms with Crippen molar-refractivity contribution in [1.82, 2.24) is 20.2 Å². The van der Waals surface area contributed by atoms with Crippen molar-refractivity contribution in [1.29, 1.82) is 0 Å². The van der Waals surface area contributed by atoms with Crippen LogP contribution in [-0.4, -0.2) is 20.2 Å². The number of benzene rings is 1. The van der Waals surface area contributed by atoms with Crippen LogP contribution in [0.5, 0.6) is 0 Å². The number of aromatic nitrogens is 4. The van der Waals surface area contributed by atoms with Crippen LogP contribution in [0.3, 0.4) is 0 Å². The van der Waals surface area contributed by atoms with E-state index in [1.165, 1.54) is 0 Å². The van der Waals surface area contributed by atoms with E-state index >= 15 is 0 Å². The van der Waals surface area contributed by atoms with Crippen molar-refractivity contribution in [3.63, 3.8) is 0 Å². The highest BCUT2D eigenvalue weighted by molar-refractivity contribution is 5.85. The Morgan fingerprint density at radius 1 is 1.25 bits per heavy atom. The van der Waals surface area contributed by atoms with Crippen molar-refractivity contribution in [3.05, 3.63) is 35.2 Å². The summed E-state index contributed by atoms with van der Waals surface area (Å²) in [5.74, 6) is 0.674. The molecule has 2 aromatic rings. The molecule has 2 N–H and O–H groups in total. The van der Waals surface area contributed by atoms with E-state index in [-0.39, 0.29) is 12.4 Å². The molecule has 5 nitrogen and oxygen atoms in total. The van der Waals surface area contributed by atoms with Crippen molar-refractivity contribution in [2.24, 2.45) is 5.73 Å². The summed E-state index contributed by atoms with van der Waals surface area (Å²) in [4.78, 5) is 0. The highest BCUT2D eigenvalue weighted by atomic mass is 35.5. The monoisotopic (exact) mass is 239 g/mol. The van der Waals surface area contributed by atoms with Gasteiger partial charge in [-0.2, -0.15) is 4.68 Å². The van der Waals surface area contributed by atoms with Gasteiger partial charge in [0, 0.05) is 0 Å². The van der Waals surface area contributed by atoms with Crippen molar-refractivity contribution >= 4 is 12.4 Å². The Labute approximate surface area is 100 Å². The lowest BCUT2D eigenvalue weighted by Crippen LogP contribution is -2.10. The first-order chi connectivity index (χ1) is 7.24. The maximum absolute atomic E-state index is 5.57. The van der Waals surface area contributed by atoms with Crippen LogP contribution in [-0.2, 0) is 6.54 Å². The van der Waals surface area contributed by atoms with E-state index in [1.54, 1.807) is 4.68 Å². The van der Waals surface area contributed by atoms with Gasteiger partial charge >= 0.3 is 0 Å². The van der Waals surface area contributed by atoms with Crippen molar-refractivity contribution in [2.45, 2.75) is 20.4 Å². The van der Waals surface area contributed by atoms with Crippen LogP contribution in [0.1, 0.15) is 17.0 Å². The highest BCUT2D eigenvalue weighted by Crippen LogP contribution is 2.18. The van der Waals surface area contributed by atoms with Gasteiger partial charge in [0.05, 0.1) is 12.2 Å². The van der Waals surface area contributed by atoms with Gasteiger partial charge < -0.3 is 5.73 Å². The molecule has 0 saturated heterocycles. The van der Waals surface area contributed by atoms with Crippen LogP contribution >= 0.6 is 12.4 Å². The van der Waals surface area contributed by atoms with Gasteiger partial charge in [0.1, 0.15) is 0 Å². The summed E-state index contributed by atoms with van der Waals surface area (Å²) in [5, 5.41) is 11.5. The van der Waals surface area contributed by atoms with Gasteiger partial charge in [0.2, 0.25) is 0 Å². The molecular formula is C10H14ClN5. The van der Waals surface area contributed by atoms with E-state index in [2.05, 4.69) is 15.5 Å². The fourth-order valence-corrected chi connectivity index (χ4v) is 1.65. The quantitative estimate of drug-likeness (QED) is 0.854. The average Bonchev–Trinajstić information content (AvgIpc) is 2.65. The van der Waals surface area contributed by atoms with E-state index in [9.17, 15) is 0 Å². The van der Waals surface area contributed by atoms with Gasteiger partial charge in [-0.05, 0) is 35.4 Å². The Kier molecular flexibility index (Phi) is 3.98. The fourth-order valence-electron chi connectivity index (χ4n) is 1.65. The first-order valence-electron chi connectivity index (χ1n) is 4.78. The number of tetrazole rings is 1. The van der Waals surface area contributed by atoms with E-state index in [0.29, 0.717) is 12.4 Å². The summed E-state index contributed by atoms with van der Waals surface area (Å²) >= 11 is 0. The molecule has 0 aliphatic heterocycles. The molecule has 0 spiro atoms. The van der Waals surface area contributed by atoms with E-state index in [1.807, 2.05) is 32.0 Å². The van der Waals surface area contributed by atoms with Crippen LogP contribution < -0.4 is 5.73 Å². The van der Waals surface area contributed by atoms with Crippen LogP contribution in [0.4, 0.5) is 0 Å².